The van der Waals surface area contributed by atoms with Crippen molar-refractivity contribution in [3.8, 4) is 0 Å². The van der Waals surface area contributed by atoms with Gasteiger partial charge < -0.3 is 10.2 Å². The first-order chi connectivity index (χ1) is 12.8. The Morgan fingerprint density at radius 1 is 1.27 bits per heavy atom. The zero-order chi connectivity index (χ0) is 17.8. The number of nitrogens with zero attached hydrogens (tertiary/aromatic N) is 4. The number of guanidine groups is 1. The molecule has 3 fully saturated rings. The van der Waals surface area contributed by atoms with Crippen LogP contribution in [-0.2, 0) is 6.54 Å². The Morgan fingerprint density at radius 2 is 2.08 bits per heavy atom. The maximum absolute atomic E-state index is 4.80. The van der Waals surface area contributed by atoms with Crippen molar-refractivity contribution in [2.45, 2.75) is 75.1 Å². The van der Waals surface area contributed by atoms with Crippen LogP contribution in [0.5, 0.6) is 0 Å². The van der Waals surface area contributed by atoms with Crippen molar-refractivity contribution in [3.05, 3.63) is 18.0 Å². The van der Waals surface area contributed by atoms with Crippen LogP contribution in [0.15, 0.2) is 17.3 Å². The van der Waals surface area contributed by atoms with E-state index in [0.717, 1.165) is 31.3 Å². The second-order valence-electron chi connectivity index (χ2n) is 8.14. The van der Waals surface area contributed by atoms with Gasteiger partial charge in [-0.3, -0.25) is 9.67 Å². The second kappa shape index (κ2) is 8.24. The number of thioether (sulfide) groups is 1. The number of nitrogens with one attached hydrogen (secondary N) is 1. The highest BCUT2D eigenvalue weighted by atomic mass is 32.2. The third-order valence-electron chi connectivity index (χ3n) is 6.31. The van der Waals surface area contributed by atoms with Crippen LogP contribution in [0.25, 0.3) is 0 Å². The van der Waals surface area contributed by atoms with Gasteiger partial charge in [-0.05, 0) is 31.7 Å². The molecule has 1 aromatic heterocycles. The molecule has 0 amide bonds. The molecule has 4 rings (SSSR count). The van der Waals surface area contributed by atoms with Crippen molar-refractivity contribution in [2.75, 3.05) is 25.9 Å². The van der Waals surface area contributed by atoms with Crippen LogP contribution >= 0.6 is 11.8 Å². The first kappa shape index (κ1) is 18.2. The van der Waals surface area contributed by atoms with Crippen LogP contribution in [0, 0.1) is 0 Å². The molecule has 2 heterocycles. The summed E-state index contributed by atoms with van der Waals surface area (Å²) in [6, 6.07) is 2.78. The minimum atomic E-state index is 0.470. The van der Waals surface area contributed by atoms with Gasteiger partial charge in [-0.25, -0.2) is 0 Å². The lowest BCUT2D eigenvalue weighted by atomic mass is 9.87. The summed E-state index contributed by atoms with van der Waals surface area (Å²) in [7, 11) is 1.91. The second-order valence-corrected chi connectivity index (χ2v) is 9.70. The van der Waals surface area contributed by atoms with Gasteiger partial charge in [0.05, 0.1) is 18.3 Å². The van der Waals surface area contributed by atoms with Crippen LogP contribution in [0.2, 0.25) is 0 Å². The minimum Gasteiger partial charge on any atom is -0.351 e. The van der Waals surface area contributed by atoms with E-state index in [1.807, 2.05) is 7.05 Å². The molecular weight excluding hydrogens is 342 g/mol. The lowest BCUT2D eigenvalue weighted by Gasteiger charge is -2.45. The van der Waals surface area contributed by atoms with Crippen LogP contribution in [0.1, 0.15) is 69.5 Å². The van der Waals surface area contributed by atoms with Gasteiger partial charge in [0, 0.05) is 36.8 Å². The Kier molecular flexibility index (Phi) is 5.77. The van der Waals surface area contributed by atoms with Crippen LogP contribution in [0.3, 0.4) is 0 Å². The summed E-state index contributed by atoms with van der Waals surface area (Å²) >= 11 is 2.21. The highest BCUT2D eigenvalue weighted by molar-refractivity contribution is 8.00. The molecule has 6 heteroatoms. The lowest BCUT2D eigenvalue weighted by Crippen LogP contribution is -2.53. The Morgan fingerprint density at radius 3 is 2.85 bits per heavy atom. The topological polar surface area (TPSA) is 45.5 Å². The van der Waals surface area contributed by atoms with Gasteiger partial charge >= 0.3 is 0 Å². The third kappa shape index (κ3) is 4.05. The van der Waals surface area contributed by atoms with E-state index in [0.29, 0.717) is 10.8 Å². The monoisotopic (exact) mass is 375 g/mol. The molecule has 0 aromatic carbocycles. The van der Waals surface area contributed by atoms with Gasteiger partial charge in [0.2, 0.25) is 0 Å². The molecule has 3 aliphatic rings. The summed E-state index contributed by atoms with van der Waals surface area (Å²) < 4.78 is 2.65. The van der Waals surface area contributed by atoms with Gasteiger partial charge in [0.15, 0.2) is 5.96 Å². The summed E-state index contributed by atoms with van der Waals surface area (Å²) in [5.74, 6) is 2.27. The van der Waals surface area contributed by atoms with E-state index >= 15 is 0 Å². The SMILES string of the molecule is CN=C(NCc1ccn(C2CCCC2)n1)N1CCSC2(CCCCC2)C1. The van der Waals surface area contributed by atoms with Crippen molar-refractivity contribution >= 4 is 17.7 Å². The van der Waals surface area contributed by atoms with E-state index in [9.17, 15) is 0 Å². The summed E-state index contributed by atoms with van der Waals surface area (Å²) in [6.45, 7) is 3.01. The van der Waals surface area contributed by atoms with Gasteiger partial charge in [-0.15, -0.1) is 0 Å². The molecule has 0 radical (unpaired) electrons. The number of rotatable bonds is 3. The highest BCUT2D eigenvalue weighted by Gasteiger charge is 2.38. The largest absolute Gasteiger partial charge is 0.351 e. The molecule has 1 aliphatic heterocycles. The first-order valence-corrected chi connectivity index (χ1v) is 11.4. The Balaban J connectivity index is 1.34. The fourth-order valence-electron chi connectivity index (χ4n) is 4.87. The summed E-state index contributed by atoms with van der Waals surface area (Å²) in [4.78, 5) is 7.06. The van der Waals surface area contributed by atoms with Crippen molar-refractivity contribution in [1.82, 2.24) is 20.0 Å². The maximum Gasteiger partial charge on any atom is 0.194 e. The Labute approximate surface area is 162 Å². The van der Waals surface area contributed by atoms with Crippen LogP contribution in [-0.4, -0.2) is 51.3 Å². The van der Waals surface area contributed by atoms with Gasteiger partial charge in [-0.2, -0.15) is 16.9 Å². The highest BCUT2D eigenvalue weighted by Crippen LogP contribution is 2.42. The average molecular weight is 376 g/mol. The smallest absolute Gasteiger partial charge is 0.194 e. The third-order valence-corrected chi connectivity index (χ3v) is 7.85. The van der Waals surface area contributed by atoms with Crippen molar-refractivity contribution < 1.29 is 0 Å². The Bertz CT molecular complexity index is 608. The predicted octanol–water partition coefficient (Wildman–Crippen LogP) is 3.83. The fourth-order valence-corrected chi connectivity index (χ4v) is 6.44. The minimum absolute atomic E-state index is 0.470. The number of hydrogen-bond donors (Lipinski definition) is 1. The molecule has 1 saturated heterocycles. The zero-order valence-corrected chi connectivity index (χ0v) is 16.9. The number of aromatic nitrogens is 2. The molecule has 144 valence electrons. The average Bonchev–Trinajstić information content (AvgIpc) is 3.35. The molecule has 26 heavy (non-hydrogen) atoms. The Hall–Kier alpha value is -1.17. The molecule has 2 aliphatic carbocycles. The quantitative estimate of drug-likeness (QED) is 0.644. The number of aliphatic imine (C=N–C) groups is 1. The van der Waals surface area contributed by atoms with Crippen molar-refractivity contribution in [3.63, 3.8) is 0 Å². The van der Waals surface area contributed by atoms with E-state index in [2.05, 4.69) is 43.9 Å². The standard InChI is InChI=1S/C20H33N5S/c1-21-19(24-13-14-26-20(16-24)10-5-2-6-11-20)22-15-17-9-12-25(23-17)18-7-3-4-8-18/h9,12,18H,2-8,10-11,13-16H2,1H3,(H,21,22). The molecule has 5 nitrogen and oxygen atoms in total. The molecule has 0 atom stereocenters. The van der Waals surface area contributed by atoms with Crippen molar-refractivity contribution in [1.29, 1.82) is 0 Å². The molecule has 1 spiro atoms. The lowest BCUT2D eigenvalue weighted by molar-refractivity contribution is 0.293. The van der Waals surface area contributed by atoms with E-state index in [4.69, 9.17) is 5.10 Å². The molecule has 1 aromatic rings. The molecule has 1 N–H and O–H groups in total. The summed E-state index contributed by atoms with van der Waals surface area (Å²) in [5.41, 5.74) is 1.12. The maximum atomic E-state index is 4.80. The van der Waals surface area contributed by atoms with Crippen molar-refractivity contribution in [2.24, 2.45) is 4.99 Å². The van der Waals surface area contributed by atoms with Gasteiger partial charge in [-0.1, -0.05) is 32.1 Å². The molecular formula is C20H33N5S. The molecule has 0 bridgehead atoms. The molecule has 2 saturated carbocycles. The fraction of sp³-hybridized carbons (Fsp3) is 0.800. The van der Waals surface area contributed by atoms with E-state index in [1.165, 1.54) is 63.5 Å². The van der Waals surface area contributed by atoms with E-state index in [1.54, 1.807) is 0 Å². The predicted molar refractivity (Wildman–Crippen MR) is 110 cm³/mol. The zero-order valence-electron chi connectivity index (χ0n) is 16.1. The first-order valence-electron chi connectivity index (χ1n) is 10.4. The van der Waals surface area contributed by atoms with E-state index < -0.39 is 0 Å². The summed E-state index contributed by atoms with van der Waals surface area (Å²) in [5, 5.41) is 8.38. The number of hydrogen-bond acceptors (Lipinski definition) is 3. The summed E-state index contributed by atoms with van der Waals surface area (Å²) in [6.07, 6.45) is 14.4. The van der Waals surface area contributed by atoms with Crippen LogP contribution < -0.4 is 5.32 Å². The van der Waals surface area contributed by atoms with E-state index in [-0.39, 0.29) is 0 Å². The molecule has 0 unspecified atom stereocenters. The normalized spacial score (nSPS) is 24.3. The van der Waals surface area contributed by atoms with Crippen LogP contribution in [0.4, 0.5) is 0 Å². The van der Waals surface area contributed by atoms with Gasteiger partial charge in [0.25, 0.3) is 0 Å². The van der Waals surface area contributed by atoms with Gasteiger partial charge in [0.1, 0.15) is 0 Å².